The minimum Gasteiger partial charge on any atom is -0.494 e. The lowest BCUT2D eigenvalue weighted by Crippen LogP contribution is -2.13. The van der Waals surface area contributed by atoms with Gasteiger partial charge in [-0.2, -0.15) is 0 Å². The van der Waals surface area contributed by atoms with E-state index >= 15 is 0 Å². The summed E-state index contributed by atoms with van der Waals surface area (Å²) in [5.74, 6) is 0.852. The summed E-state index contributed by atoms with van der Waals surface area (Å²) in [6, 6.07) is 12.8. The molecule has 142 valence electrons. The van der Waals surface area contributed by atoms with Crippen molar-refractivity contribution in [3.63, 3.8) is 0 Å². The number of sulfonamides is 1. The molecule has 0 aliphatic heterocycles. The Bertz CT molecular complexity index is 819. The van der Waals surface area contributed by atoms with E-state index < -0.39 is 10.0 Å². The Labute approximate surface area is 161 Å². The third-order valence-corrected chi connectivity index (χ3v) is 5.80. The van der Waals surface area contributed by atoms with Crippen LogP contribution in [0.4, 0.5) is 0 Å². The van der Waals surface area contributed by atoms with Gasteiger partial charge in [0.15, 0.2) is 0 Å². The fourth-order valence-corrected chi connectivity index (χ4v) is 3.85. The first-order valence-corrected chi connectivity index (χ1v) is 10.8. The van der Waals surface area contributed by atoms with Crippen molar-refractivity contribution in [3.05, 3.63) is 58.6 Å². The highest BCUT2D eigenvalue weighted by Crippen LogP contribution is 2.30. The number of unbranched alkanes of at least 4 members (excludes halogenated alkanes) is 3. The van der Waals surface area contributed by atoms with Crippen molar-refractivity contribution in [3.8, 4) is 5.75 Å². The van der Waals surface area contributed by atoms with E-state index in [1.807, 2.05) is 37.3 Å². The molecule has 0 heterocycles. The molecule has 6 heteroatoms. The van der Waals surface area contributed by atoms with Gasteiger partial charge in [0.25, 0.3) is 0 Å². The Morgan fingerprint density at radius 2 is 1.69 bits per heavy atom. The van der Waals surface area contributed by atoms with Crippen LogP contribution in [-0.2, 0) is 10.0 Å². The van der Waals surface area contributed by atoms with Crippen molar-refractivity contribution in [2.75, 3.05) is 6.61 Å². The highest BCUT2D eigenvalue weighted by molar-refractivity contribution is 7.89. The smallest absolute Gasteiger partial charge is 0.239 e. The molecule has 0 amide bonds. The zero-order valence-corrected chi connectivity index (χ0v) is 16.8. The molecule has 0 spiro atoms. The molecule has 1 atom stereocenters. The van der Waals surface area contributed by atoms with E-state index in [4.69, 9.17) is 21.5 Å². The summed E-state index contributed by atoms with van der Waals surface area (Å²) in [6.45, 7) is 4.92. The van der Waals surface area contributed by atoms with Crippen molar-refractivity contribution in [2.45, 2.75) is 50.3 Å². The summed E-state index contributed by atoms with van der Waals surface area (Å²) in [6.07, 6.45) is 4.70. The normalized spacial score (nSPS) is 12.8. The van der Waals surface area contributed by atoms with Crippen LogP contribution in [-0.4, -0.2) is 15.0 Å². The van der Waals surface area contributed by atoms with E-state index in [0.717, 1.165) is 29.9 Å². The van der Waals surface area contributed by atoms with Crippen molar-refractivity contribution >= 4 is 21.6 Å². The van der Waals surface area contributed by atoms with E-state index in [-0.39, 0.29) is 15.8 Å². The quantitative estimate of drug-likeness (QED) is 0.600. The van der Waals surface area contributed by atoms with Gasteiger partial charge in [-0.15, -0.1) is 0 Å². The maximum Gasteiger partial charge on any atom is 0.239 e. The highest BCUT2D eigenvalue weighted by atomic mass is 35.5. The molecule has 2 aromatic carbocycles. The Balaban J connectivity index is 2.07. The Morgan fingerprint density at radius 3 is 2.31 bits per heavy atom. The maximum atomic E-state index is 11.7. The van der Waals surface area contributed by atoms with Crippen molar-refractivity contribution in [1.29, 1.82) is 0 Å². The van der Waals surface area contributed by atoms with Gasteiger partial charge in [0.2, 0.25) is 10.0 Å². The number of benzene rings is 2. The summed E-state index contributed by atoms with van der Waals surface area (Å²) in [5, 5.41) is 5.37. The van der Waals surface area contributed by atoms with E-state index in [1.54, 1.807) is 12.1 Å². The number of nitrogens with two attached hydrogens (primary N) is 1. The summed E-state index contributed by atoms with van der Waals surface area (Å²) >= 11 is 5.96. The molecule has 0 bridgehead atoms. The lowest BCUT2D eigenvalue weighted by molar-refractivity contribution is 0.305. The van der Waals surface area contributed by atoms with E-state index in [1.165, 1.54) is 19.3 Å². The molecule has 0 aliphatic rings. The number of hydrogen-bond acceptors (Lipinski definition) is 3. The van der Waals surface area contributed by atoms with Gasteiger partial charge in [-0.3, -0.25) is 0 Å². The molecule has 26 heavy (non-hydrogen) atoms. The second kappa shape index (κ2) is 9.40. The number of rotatable bonds is 9. The lowest BCUT2D eigenvalue weighted by atomic mass is 9.93. The monoisotopic (exact) mass is 395 g/mol. The van der Waals surface area contributed by atoms with Crippen LogP contribution >= 0.6 is 11.6 Å². The fraction of sp³-hybridized carbons (Fsp3) is 0.400. The molecule has 2 rings (SSSR count). The largest absolute Gasteiger partial charge is 0.494 e. The predicted molar refractivity (Wildman–Crippen MR) is 106 cm³/mol. The topological polar surface area (TPSA) is 69.4 Å². The first-order valence-electron chi connectivity index (χ1n) is 8.88. The molecule has 0 radical (unpaired) electrons. The molecular formula is C20H26ClNO3S. The van der Waals surface area contributed by atoms with Crippen LogP contribution in [0.1, 0.15) is 56.6 Å². The Kier molecular flexibility index (Phi) is 7.50. The molecule has 0 saturated heterocycles. The van der Waals surface area contributed by atoms with Crippen molar-refractivity contribution in [1.82, 2.24) is 0 Å². The summed E-state index contributed by atoms with van der Waals surface area (Å²) in [4.78, 5) is -0.0458. The van der Waals surface area contributed by atoms with Crippen LogP contribution in [0.15, 0.2) is 47.4 Å². The van der Waals surface area contributed by atoms with Crippen molar-refractivity contribution < 1.29 is 13.2 Å². The average molecular weight is 396 g/mol. The molecule has 0 aliphatic carbocycles. The average Bonchev–Trinajstić information content (AvgIpc) is 2.61. The van der Waals surface area contributed by atoms with Crippen LogP contribution in [0.5, 0.6) is 5.75 Å². The summed E-state index contributed by atoms with van der Waals surface area (Å²) in [5.41, 5.74) is 1.90. The first-order chi connectivity index (χ1) is 12.3. The van der Waals surface area contributed by atoms with E-state index in [9.17, 15) is 8.42 Å². The van der Waals surface area contributed by atoms with Crippen LogP contribution < -0.4 is 9.88 Å². The van der Waals surface area contributed by atoms with Crippen LogP contribution in [0.3, 0.4) is 0 Å². The second-order valence-corrected chi connectivity index (χ2v) is 8.37. The lowest BCUT2D eigenvalue weighted by Gasteiger charge is -2.15. The zero-order chi connectivity index (χ0) is 19.2. The highest BCUT2D eigenvalue weighted by Gasteiger charge is 2.17. The van der Waals surface area contributed by atoms with Crippen LogP contribution in [0.2, 0.25) is 5.02 Å². The molecule has 2 aromatic rings. The minimum absolute atomic E-state index is 0.00590. The summed E-state index contributed by atoms with van der Waals surface area (Å²) in [7, 11) is -3.85. The van der Waals surface area contributed by atoms with Gasteiger partial charge in [0.1, 0.15) is 10.6 Å². The Morgan fingerprint density at radius 1 is 1.04 bits per heavy atom. The number of halogens is 1. The second-order valence-electron chi connectivity index (χ2n) is 6.43. The van der Waals surface area contributed by atoms with Gasteiger partial charge in [-0.1, -0.05) is 62.9 Å². The van der Waals surface area contributed by atoms with Crippen LogP contribution in [0.25, 0.3) is 0 Å². The molecule has 4 nitrogen and oxygen atoms in total. The zero-order valence-electron chi connectivity index (χ0n) is 15.2. The van der Waals surface area contributed by atoms with E-state index in [2.05, 4.69) is 6.92 Å². The first kappa shape index (κ1) is 20.7. The van der Waals surface area contributed by atoms with Gasteiger partial charge < -0.3 is 4.74 Å². The molecule has 0 fully saturated rings. The van der Waals surface area contributed by atoms with Gasteiger partial charge in [0, 0.05) is 5.92 Å². The Hall–Kier alpha value is -1.56. The SMILES string of the molecule is CCCCCCOc1ccc(C(C)c2ccc(Cl)c(S(N)(=O)=O)c2)cc1. The molecule has 2 N–H and O–H groups in total. The van der Waals surface area contributed by atoms with Crippen LogP contribution in [0, 0.1) is 0 Å². The number of primary sulfonamides is 1. The molecular weight excluding hydrogens is 370 g/mol. The van der Waals surface area contributed by atoms with E-state index in [0.29, 0.717) is 0 Å². The van der Waals surface area contributed by atoms with Gasteiger partial charge in [-0.05, 0) is 41.8 Å². The number of hydrogen-bond donors (Lipinski definition) is 1. The minimum atomic E-state index is -3.85. The fourth-order valence-electron chi connectivity index (χ4n) is 2.77. The molecule has 0 aromatic heterocycles. The van der Waals surface area contributed by atoms with Crippen molar-refractivity contribution in [2.24, 2.45) is 5.14 Å². The standard InChI is InChI=1S/C20H26ClNO3S/c1-3-4-5-6-13-25-18-10-7-16(8-11-18)15(2)17-9-12-19(21)20(14-17)26(22,23)24/h7-12,14-15H,3-6,13H2,1-2H3,(H2,22,23,24). The third-order valence-electron chi connectivity index (χ3n) is 4.41. The van der Waals surface area contributed by atoms with Gasteiger partial charge in [-0.25, -0.2) is 13.6 Å². The summed E-state index contributed by atoms with van der Waals surface area (Å²) < 4.78 is 29.1. The predicted octanol–water partition coefficient (Wildman–Crippen LogP) is 5.10. The van der Waals surface area contributed by atoms with Gasteiger partial charge >= 0.3 is 0 Å². The number of ether oxygens (including phenoxy) is 1. The third kappa shape index (κ3) is 5.73. The maximum absolute atomic E-state index is 11.7. The van der Waals surface area contributed by atoms with Gasteiger partial charge in [0.05, 0.1) is 11.6 Å². The molecule has 1 unspecified atom stereocenters. The molecule has 0 saturated carbocycles.